The van der Waals surface area contributed by atoms with Crippen molar-refractivity contribution in [1.82, 2.24) is 15.8 Å². The smallest absolute Gasteiger partial charge is 0.274 e. The SMILES string of the molecule is CCCCOc1ccc(NC(C(=O)NC(C(=O)Nc2ccccn2)C(C)(C)OC)C(O)C(=O)NO)cc1. The minimum Gasteiger partial charge on any atom is -0.494 e. The van der Waals surface area contributed by atoms with Crippen molar-refractivity contribution in [3.8, 4) is 5.75 Å². The van der Waals surface area contributed by atoms with Crippen LogP contribution < -0.4 is 26.2 Å². The lowest BCUT2D eigenvalue weighted by Gasteiger charge is -2.34. The summed E-state index contributed by atoms with van der Waals surface area (Å²) in [6.45, 7) is 5.79. The van der Waals surface area contributed by atoms with Crippen LogP contribution >= 0.6 is 0 Å². The molecule has 3 amide bonds. The summed E-state index contributed by atoms with van der Waals surface area (Å²) in [6.07, 6.45) is 1.38. The first-order valence-electron chi connectivity index (χ1n) is 11.8. The zero-order valence-corrected chi connectivity index (χ0v) is 21.4. The maximum absolute atomic E-state index is 13.3. The van der Waals surface area contributed by atoms with Crippen molar-refractivity contribution in [3.63, 3.8) is 0 Å². The lowest BCUT2D eigenvalue weighted by Crippen LogP contribution is -2.61. The van der Waals surface area contributed by atoms with Gasteiger partial charge in [0.25, 0.3) is 11.8 Å². The van der Waals surface area contributed by atoms with E-state index in [4.69, 9.17) is 14.7 Å². The Balaban J connectivity index is 2.26. The van der Waals surface area contributed by atoms with Crippen LogP contribution in [0.1, 0.15) is 33.6 Å². The van der Waals surface area contributed by atoms with Crippen molar-refractivity contribution >= 4 is 29.2 Å². The number of hydrogen-bond acceptors (Lipinski definition) is 9. The summed E-state index contributed by atoms with van der Waals surface area (Å²) in [7, 11) is 1.38. The molecule has 0 aliphatic carbocycles. The van der Waals surface area contributed by atoms with Crippen LogP contribution in [0.3, 0.4) is 0 Å². The second kappa shape index (κ2) is 14.1. The molecule has 3 atom stereocenters. The van der Waals surface area contributed by atoms with Crippen molar-refractivity contribution in [2.45, 2.75) is 57.4 Å². The van der Waals surface area contributed by atoms with Crippen molar-refractivity contribution < 1.29 is 34.2 Å². The minimum atomic E-state index is -2.00. The van der Waals surface area contributed by atoms with E-state index in [1.54, 1.807) is 56.3 Å². The van der Waals surface area contributed by atoms with Crippen LogP contribution in [0.2, 0.25) is 0 Å². The van der Waals surface area contributed by atoms with E-state index in [1.807, 2.05) is 0 Å². The molecule has 0 aliphatic heterocycles. The largest absolute Gasteiger partial charge is 0.494 e. The lowest BCUT2D eigenvalue weighted by atomic mass is 9.96. The van der Waals surface area contributed by atoms with Gasteiger partial charge < -0.3 is 30.5 Å². The fraction of sp³-hybridized carbons (Fsp3) is 0.440. The quantitative estimate of drug-likeness (QED) is 0.123. The predicted octanol–water partition coefficient (Wildman–Crippen LogP) is 1.46. The van der Waals surface area contributed by atoms with Crippen molar-refractivity contribution in [1.29, 1.82) is 0 Å². The Morgan fingerprint density at radius 3 is 2.32 bits per heavy atom. The molecule has 1 aromatic carbocycles. The van der Waals surface area contributed by atoms with Crippen LogP contribution in [0.5, 0.6) is 5.75 Å². The van der Waals surface area contributed by atoms with Gasteiger partial charge in [0.2, 0.25) is 5.91 Å². The van der Waals surface area contributed by atoms with Gasteiger partial charge in [0.15, 0.2) is 6.10 Å². The minimum absolute atomic E-state index is 0.259. The third-order valence-corrected chi connectivity index (χ3v) is 5.61. The Morgan fingerprint density at radius 2 is 1.76 bits per heavy atom. The van der Waals surface area contributed by atoms with E-state index in [2.05, 4.69) is 27.9 Å². The number of anilines is 2. The van der Waals surface area contributed by atoms with Crippen molar-refractivity contribution in [2.75, 3.05) is 24.4 Å². The second-order valence-electron chi connectivity index (χ2n) is 8.72. The zero-order valence-electron chi connectivity index (χ0n) is 21.4. The predicted molar refractivity (Wildman–Crippen MR) is 136 cm³/mol. The molecular weight excluding hydrogens is 482 g/mol. The third kappa shape index (κ3) is 8.70. The molecule has 2 rings (SSSR count). The van der Waals surface area contributed by atoms with E-state index in [-0.39, 0.29) is 5.82 Å². The molecule has 0 aliphatic rings. The number of methoxy groups -OCH3 is 1. The number of amides is 3. The number of pyridine rings is 1. The molecule has 0 saturated heterocycles. The molecule has 0 spiro atoms. The highest BCUT2D eigenvalue weighted by Crippen LogP contribution is 2.20. The monoisotopic (exact) mass is 517 g/mol. The van der Waals surface area contributed by atoms with E-state index in [1.165, 1.54) is 18.8 Å². The molecule has 0 saturated carbocycles. The van der Waals surface area contributed by atoms with Crippen LogP contribution in [-0.2, 0) is 19.1 Å². The van der Waals surface area contributed by atoms with Gasteiger partial charge in [-0.25, -0.2) is 10.5 Å². The number of benzene rings is 1. The maximum Gasteiger partial charge on any atom is 0.274 e. The number of carbonyl (C=O) groups is 3. The molecule has 12 nitrogen and oxygen atoms in total. The number of ether oxygens (including phenoxy) is 2. The summed E-state index contributed by atoms with van der Waals surface area (Å²) in [6, 6.07) is 8.65. The van der Waals surface area contributed by atoms with Gasteiger partial charge in [-0.05, 0) is 56.7 Å². The van der Waals surface area contributed by atoms with Gasteiger partial charge in [-0.3, -0.25) is 19.6 Å². The Labute approximate surface area is 215 Å². The molecule has 37 heavy (non-hydrogen) atoms. The van der Waals surface area contributed by atoms with Gasteiger partial charge in [-0.2, -0.15) is 0 Å². The van der Waals surface area contributed by atoms with E-state index < -0.39 is 41.5 Å². The van der Waals surface area contributed by atoms with Crippen LogP contribution in [-0.4, -0.2) is 70.5 Å². The Kier molecular flexibility index (Phi) is 11.2. The first-order valence-corrected chi connectivity index (χ1v) is 11.8. The number of nitrogens with zero attached hydrogens (tertiary/aromatic N) is 1. The third-order valence-electron chi connectivity index (χ3n) is 5.61. The van der Waals surface area contributed by atoms with E-state index >= 15 is 0 Å². The first kappa shape index (κ1) is 29.5. The number of unbranched alkanes of at least 4 members (excludes halogenated alkanes) is 1. The average Bonchev–Trinajstić information content (AvgIpc) is 2.90. The van der Waals surface area contributed by atoms with E-state index in [9.17, 15) is 19.5 Å². The van der Waals surface area contributed by atoms with E-state index in [0.29, 0.717) is 18.0 Å². The average molecular weight is 518 g/mol. The van der Waals surface area contributed by atoms with Gasteiger partial charge >= 0.3 is 0 Å². The number of aliphatic hydroxyl groups excluding tert-OH is 1. The Morgan fingerprint density at radius 1 is 1.05 bits per heavy atom. The first-order chi connectivity index (χ1) is 17.6. The highest BCUT2D eigenvalue weighted by atomic mass is 16.5. The van der Waals surface area contributed by atoms with Crippen LogP contribution in [0.25, 0.3) is 0 Å². The second-order valence-corrected chi connectivity index (χ2v) is 8.72. The van der Waals surface area contributed by atoms with Crippen LogP contribution in [0, 0.1) is 0 Å². The number of rotatable bonds is 14. The molecular formula is C25H35N5O7. The summed E-state index contributed by atoms with van der Waals surface area (Å²) in [5.41, 5.74) is 0.522. The fourth-order valence-electron chi connectivity index (χ4n) is 3.21. The van der Waals surface area contributed by atoms with Gasteiger partial charge in [0.1, 0.15) is 23.7 Å². The molecule has 0 radical (unpaired) electrons. The highest BCUT2D eigenvalue weighted by molar-refractivity contribution is 6.00. The molecule has 1 aromatic heterocycles. The molecule has 12 heteroatoms. The number of hydrogen-bond donors (Lipinski definition) is 6. The Bertz CT molecular complexity index is 1020. The van der Waals surface area contributed by atoms with Crippen molar-refractivity contribution in [2.24, 2.45) is 0 Å². The fourth-order valence-corrected chi connectivity index (χ4v) is 3.21. The molecule has 0 fully saturated rings. The van der Waals surface area contributed by atoms with Crippen molar-refractivity contribution in [3.05, 3.63) is 48.7 Å². The molecule has 3 unspecified atom stereocenters. The maximum atomic E-state index is 13.3. The molecule has 6 N–H and O–H groups in total. The lowest BCUT2D eigenvalue weighted by molar-refractivity contribution is -0.143. The van der Waals surface area contributed by atoms with Gasteiger partial charge in [0.05, 0.1) is 12.2 Å². The summed E-state index contributed by atoms with van der Waals surface area (Å²) in [4.78, 5) is 42.4. The van der Waals surface area contributed by atoms with Gasteiger partial charge in [-0.1, -0.05) is 19.4 Å². The number of nitrogens with one attached hydrogen (secondary N) is 4. The Hall–Kier alpha value is -3.74. The number of hydroxylamine groups is 1. The van der Waals surface area contributed by atoms with Gasteiger partial charge in [-0.15, -0.1) is 0 Å². The normalized spacial score (nSPS) is 13.6. The summed E-state index contributed by atoms with van der Waals surface area (Å²) in [5.74, 6) is -1.87. The summed E-state index contributed by atoms with van der Waals surface area (Å²) in [5, 5.41) is 27.4. The molecule has 1 heterocycles. The zero-order chi connectivity index (χ0) is 27.4. The standard InChI is InChI=1S/C25H35N5O7/c1-5-6-15-37-17-12-10-16(11-13-17)27-19(20(31)23(33)30-35)22(32)29-21(25(2,3)36-4)24(34)28-18-9-7-8-14-26-18/h7-14,19-21,27,31,35H,5-6,15H2,1-4H3,(H,29,32)(H,30,33)(H,26,28,34). The molecule has 2 aromatic rings. The topological polar surface area (TPSA) is 171 Å². The summed E-state index contributed by atoms with van der Waals surface area (Å²) >= 11 is 0. The molecule has 202 valence electrons. The van der Waals surface area contributed by atoms with E-state index in [0.717, 1.165) is 12.8 Å². The number of carbonyl (C=O) groups excluding carboxylic acids is 3. The molecule has 0 bridgehead atoms. The number of aliphatic hydroxyl groups is 1. The van der Waals surface area contributed by atoms with Gasteiger partial charge in [0, 0.05) is 19.0 Å². The summed E-state index contributed by atoms with van der Waals surface area (Å²) < 4.78 is 11.0. The van der Waals surface area contributed by atoms with Crippen LogP contribution in [0.4, 0.5) is 11.5 Å². The highest BCUT2D eigenvalue weighted by Gasteiger charge is 2.40. The number of aromatic nitrogens is 1. The van der Waals surface area contributed by atoms with Crippen LogP contribution in [0.15, 0.2) is 48.7 Å².